The summed E-state index contributed by atoms with van der Waals surface area (Å²) in [7, 11) is 0. The summed E-state index contributed by atoms with van der Waals surface area (Å²) in [5.41, 5.74) is 9.17. The Morgan fingerprint density at radius 2 is 1.76 bits per heavy atom. The van der Waals surface area contributed by atoms with Crippen molar-refractivity contribution in [1.29, 1.82) is 5.41 Å². The first-order chi connectivity index (χ1) is 9.99. The van der Waals surface area contributed by atoms with Crippen LogP contribution in [0.1, 0.15) is 21.5 Å². The van der Waals surface area contributed by atoms with Crippen LogP contribution in [-0.4, -0.2) is 16.6 Å². The number of nitrogens with two attached hydrogens (primary N) is 1. The zero-order chi connectivity index (χ0) is 15.1. The van der Waals surface area contributed by atoms with Gasteiger partial charge in [0.2, 0.25) is 0 Å². The van der Waals surface area contributed by atoms with Crippen LogP contribution in [0.5, 0.6) is 5.75 Å². The Morgan fingerprint density at radius 3 is 2.43 bits per heavy atom. The first-order valence-corrected chi connectivity index (χ1v) is 6.53. The number of phenols is 1. The van der Waals surface area contributed by atoms with E-state index in [4.69, 9.17) is 11.1 Å². The Bertz CT molecular complexity index is 803. The minimum Gasteiger partial charge on any atom is -0.507 e. The maximum absolute atomic E-state index is 11.9. The van der Waals surface area contributed by atoms with Crippen molar-refractivity contribution in [3.8, 4) is 16.9 Å². The predicted molar refractivity (Wildman–Crippen MR) is 83.0 cm³/mol. The number of ketones is 1. The molecule has 2 aromatic carbocycles. The molecule has 0 heterocycles. The zero-order valence-corrected chi connectivity index (χ0v) is 11.5. The van der Waals surface area contributed by atoms with Crippen LogP contribution in [0.25, 0.3) is 11.1 Å². The summed E-state index contributed by atoms with van der Waals surface area (Å²) in [5, 5.41) is 18.4. The molecule has 0 amide bonds. The molecule has 2 aromatic rings. The second-order valence-corrected chi connectivity index (χ2v) is 5.09. The Labute approximate surface area is 122 Å². The summed E-state index contributed by atoms with van der Waals surface area (Å²) in [6.45, 7) is 1.98. The summed E-state index contributed by atoms with van der Waals surface area (Å²) in [4.78, 5) is 11.9. The second-order valence-electron chi connectivity index (χ2n) is 5.09. The van der Waals surface area contributed by atoms with Gasteiger partial charge in [0.1, 0.15) is 5.75 Å². The number of phenolic OH excluding ortho intramolecular Hbond substituents is 1. The van der Waals surface area contributed by atoms with Gasteiger partial charge in [-0.3, -0.25) is 4.79 Å². The van der Waals surface area contributed by atoms with Gasteiger partial charge in [-0.25, -0.2) is 0 Å². The van der Waals surface area contributed by atoms with Crippen LogP contribution in [0.4, 0.5) is 5.69 Å². The minimum absolute atomic E-state index is 0.0780. The fourth-order valence-corrected chi connectivity index (χ4v) is 2.50. The molecular formula is C17H14N2O2. The van der Waals surface area contributed by atoms with Crippen LogP contribution in [0.15, 0.2) is 42.5 Å². The van der Waals surface area contributed by atoms with Gasteiger partial charge in [0.25, 0.3) is 0 Å². The molecule has 104 valence electrons. The molecule has 21 heavy (non-hydrogen) atoms. The highest BCUT2D eigenvalue weighted by Crippen LogP contribution is 2.39. The zero-order valence-electron chi connectivity index (χ0n) is 11.5. The fourth-order valence-electron chi connectivity index (χ4n) is 2.50. The van der Waals surface area contributed by atoms with E-state index in [0.717, 1.165) is 11.1 Å². The van der Waals surface area contributed by atoms with Crippen LogP contribution < -0.4 is 5.73 Å². The maximum Gasteiger partial charge on any atom is 0.188 e. The third-order valence-electron chi connectivity index (χ3n) is 3.61. The maximum atomic E-state index is 11.9. The van der Waals surface area contributed by atoms with Gasteiger partial charge in [-0.15, -0.1) is 0 Å². The van der Waals surface area contributed by atoms with E-state index in [9.17, 15) is 9.90 Å². The largest absolute Gasteiger partial charge is 0.507 e. The Morgan fingerprint density at radius 1 is 1.10 bits per heavy atom. The molecule has 3 rings (SSSR count). The summed E-state index contributed by atoms with van der Waals surface area (Å²) in [5.74, 6) is -0.366. The quantitative estimate of drug-likeness (QED) is 0.553. The van der Waals surface area contributed by atoms with Crippen molar-refractivity contribution < 1.29 is 9.90 Å². The number of aromatic hydroxyl groups is 1. The number of anilines is 1. The monoisotopic (exact) mass is 278 g/mol. The van der Waals surface area contributed by atoms with Crippen molar-refractivity contribution in [3.63, 3.8) is 0 Å². The molecule has 0 unspecified atom stereocenters. The lowest BCUT2D eigenvalue weighted by Gasteiger charge is -2.18. The second kappa shape index (κ2) is 4.59. The molecule has 0 saturated heterocycles. The first-order valence-electron chi connectivity index (χ1n) is 6.53. The molecule has 0 radical (unpaired) electrons. The topological polar surface area (TPSA) is 87.2 Å². The van der Waals surface area contributed by atoms with E-state index in [1.165, 1.54) is 12.2 Å². The van der Waals surface area contributed by atoms with Crippen molar-refractivity contribution in [3.05, 3.63) is 59.2 Å². The molecule has 1 aliphatic rings. The van der Waals surface area contributed by atoms with E-state index in [1.807, 2.05) is 31.2 Å². The SMILES string of the molecule is Cc1ccc(-c2cc(N)c3c(c2O)C(=N)C=CC3=O)cc1. The Balaban J connectivity index is 2.29. The van der Waals surface area contributed by atoms with E-state index >= 15 is 0 Å². The lowest BCUT2D eigenvalue weighted by molar-refractivity contribution is 0.104. The predicted octanol–water partition coefficient (Wildman–Crippen LogP) is 3.07. The molecule has 0 saturated carbocycles. The van der Waals surface area contributed by atoms with E-state index in [-0.39, 0.29) is 34.1 Å². The molecule has 0 aliphatic heterocycles. The average molecular weight is 278 g/mol. The molecule has 0 spiro atoms. The van der Waals surface area contributed by atoms with Gasteiger partial charge in [0.15, 0.2) is 5.78 Å². The van der Waals surface area contributed by atoms with Gasteiger partial charge in [-0.05, 0) is 30.7 Å². The number of hydrogen-bond donors (Lipinski definition) is 3. The Kier molecular flexibility index (Phi) is 2.87. The van der Waals surface area contributed by atoms with Gasteiger partial charge in [-0.2, -0.15) is 0 Å². The number of allylic oxidation sites excluding steroid dienone is 2. The van der Waals surface area contributed by atoms with Crippen molar-refractivity contribution in [2.75, 3.05) is 5.73 Å². The molecule has 0 bridgehead atoms. The lowest BCUT2D eigenvalue weighted by Crippen LogP contribution is -2.15. The molecule has 1 aliphatic carbocycles. The fraction of sp³-hybridized carbons (Fsp3) is 0.0588. The Hall–Kier alpha value is -2.88. The highest BCUT2D eigenvalue weighted by molar-refractivity contribution is 6.26. The molecule has 0 fully saturated rings. The number of benzene rings is 2. The van der Waals surface area contributed by atoms with E-state index in [1.54, 1.807) is 6.07 Å². The number of carbonyl (C=O) groups is 1. The van der Waals surface area contributed by atoms with E-state index in [2.05, 4.69) is 0 Å². The summed E-state index contributed by atoms with van der Waals surface area (Å²) in [6, 6.07) is 9.20. The van der Waals surface area contributed by atoms with Gasteiger partial charge < -0.3 is 16.2 Å². The molecule has 4 heteroatoms. The van der Waals surface area contributed by atoms with Crippen molar-refractivity contribution in [2.24, 2.45) is 0 Å². The summed E-state index contributed by atoms with van der Waals surface area (Å²) in [6.07, 6.45) is 2.68. The number of rotatable bonds is 1. The average Bonchev–Trinajstić information content (AvgIpc) is 2.46. The number of fused-ring (bicyclic) bond motifs is 1. The lowest BCUT2D eigenvalue weighted by atomic mass is 9.88. The van der Waals surface area contributed by atoms with E-state index in [0.29, 0.717) is 5.56 Å². The smallest absolute Gasteiger partial charge is 0.188 e. The molecular weight excluding hydrogens is 264 g/mol. The van der Waals surface area contributed by atoms with Gasteiger partial charge in [-0.1, -0.05) is 29.8 Å². The number of hydrogen-bond acceptors (Lipinski definition) is 4. The van der Waals surface area contributed by atoms with Crippen molar-refractivity contribution in [2.45, 2.75) is 6.92 Å². The third-order valence-corrected chi connectivity index (χ3v) is 3.61. The molecule has 0 aromatic heterocycles. The minimum atomic E-state index is -0.288. The highest BCUT2D eigenvalue weighted by Gasteiger charge is 2.25. The molecule has 0 atom stereocenters. The number of carbonyl (C=O) groups excluding carboxylic acids is 1. The normalized spacial score (nSPS) is 13.4. The first kappa shape index (κ1) is 13.1. The molecule has 4 N–H and O–H groups in total. The van der Waals surface area contributed by atoms with Crippen LogP contribution in [0.2, 0.25) is 0 Å². The standard InChI is InChI=1S/C17H14N2O2/c1-9-2-4-10(5-3-9)11-8-13(19)15-14(20)7-6-12(18)16(15)17(11)21/h2-8,18,21H,19H2,1H3. The van der Waals surface area contributed by atoms with Gasteiger partial charge >= 0.3 is 0 Å². The van der Waals surface area contributed by atoms with Crippen molar-refractivity contribution >= 4 is 17.2 Å². The van der Waals surface area contributed by atoms with Crippen LogP contribution in [0.3, 0.4) is 0 Å². The third kappa shape index (κ3) is 2.01. The van der Waals surface area contributed by atoms with Gasteiger partial charge in [0, 0.05) is 11.3 Å². The van der Waals surface area contributed by atoms with Crippen LogP contribution in [-0.2, 0) is 0 Å². The molecule has 4 nitrogen and oxygen atoms in total. The number of nitrogens with one attached hydrogen (secondary N) is 1. The summed E-state index contributed by atoms with van der Waals surface area (Å²) < 4.78 is 0. The number of nitrogen functional groups attached to an aromatic ring is 1. The highest BCUT2D eigenvalue weighted by atomic mass is 16.3. The van der Waals surface area contributed by atoms with Crippen molar-refractivity contribution in [1.82, 2.24) is 0 Å². The number of aryl methyl sites for hydroxylation is 1. The van der Waals surface area contributed by atoms with E-state index < -0.39 is 0 Å². The van der Waals surface area contributed by atoms with Gasteiger partial charge in [0.05, 0.1) is 16.8 Å². The summed E-state index contributed by atoms with van der Waals surface area (Å²) >= 11 is 0. The van der Waals surface area contributed by atoms with Crippen LogP contribution >= 0.6 is 0 Å². The van der Waals surface area contributed by atoms with Crippen LogP contribution in [0, 0.1) is 12.3 Å².